The predicted molar refractivity (Wildman–Crippen MR) is 153 cm³/mol. The quantitative estimate of drug-likeness (QED) is 0.397. The van der Waals surface area contributed by atoms with Crippen LogP contribution in [0.25, 0.3) is 11.8 Å². The van der Waals surface area contributed by atoms with E-state index >= 15 is 0 Å². The molecule has 0 radical (unpaired) electrons. The molecule has 2 fully saturated rings. The molecule has 1 aromatic heterocycles. The molecule has 2 aliphatic heterocycles. The zero-order valence-corrected chi connectivity index (χ0v) is 23.2. The van der Waals surface area contributed by atoms with Crippen LogP contribution in [0.4, 0.5) is 10.5 Å². The van der Waals surface area contributed by atoms with E-state index in [4.69, 9.17) is 11.6 Å². The highest BCUT2D eigenvalue weighted by molar-refractivity contribution is 8.18. The van der Waals surface area contributed by atoms with Gasteiger partial charge in [-0.15, -0.1) is 0 Å². The van der Waals surface area contributed by atoms with Crippen LogP contribution in [0.3, 0.4) is 0 Å². The molecule has 0 saturated carbocycles. The Morgan fingerprint density at radius 2 is 1.68 bits per heavy atom. The summed E-state index contributed by atoms with van der Waals surface area (Å²) >= 11 is 7.22. The first-order valence-electron chi connectivity index (χ1n) is 12.5. The van der Waals surface area contributed by atoms with E-state index in [1.54, 1.807) is 11.0 Å². The molecule has 3 aromatic rings. The van der Waals surface area contributed by atoms with Crippen LogP contribution < -0.4 is 4.90 Å². The topological polar surface area (TPSA) is 65.9 Å². The lowest BCUT2D eigenvalue weighted by Gasteiger charge is -2.36. The number of rotatable bonds is 5. The number of benzene rings is 2. The number of nitrogens with zero attached hydrogens (tertiary/aromatic N) is 4. The van der Waals surface area contributed by atoms with Crippen LogP contribution in [-0.2, 0) is 9.59 Å². The standard InChI is InChI=1S/C29H29ClN4O3S/c1-19-16-22(21(3)34(19)25-11-7-10-24(30)20(25)2)17-26-28(36)33(29(37)38-26)18-27(35)32-14-12-31(13-15-32)23-8-5-4-6-9-23/h4-11,16-17H,12-15,18H2,1-3H3/b26-17+. The molecule has 2 aliphatic rings. The van der Waals surface area contributed by atoms with Gasteiger partial charge in [-0.05, 0) is 80.1 Å². The molecule has 3 heterocycles. The minimum atomic E-state index is -0.431. The Hall–Kier alpha value is -3.49. The van der Waals surface area contributed by atoms with Crippen molar-refractivity contribution >= 4 is 52.2 Å². The number of carbonyl (C=O) groups is 3. The van der Waals surface area contributed by atoms with Gasteiger partial charge in [0.05, 0.1) is 4.91 Å². The lowest BCUT2D eigenvalue weighted by Crippen LogP contribution is -2.51. The van der Waals surface area contributed by atoms with Gasteiger partial charge in [0.25, 0.3) is 11.1 Å². The summed E-state index contributed by atoms with van der Waals surface area (Å²) in [6.45, 7) is 8.21. The smallest absolute Gasteiger partial charge is 0.294 e. The number of halogens is 1. The molecule has 2 aromatic carbocycles. The molecular formula is C29H29ClN4O3S. The third kappa shape index (κ3) is 4.98. The van der Waals surface area contributed by atoms with Gasteiger partial charge in [-0.25, -0.2) is 0 Å². The summed E-state index contributed by atoms with van der Waals surface area (Å²) in [5.41, 5.74) is 5.83. The van der Waals surface area contributed by atoms with Crippen molar-refractivity contribution < 1.29 is 14.4 Å². The highest BCUT2D eigenvalue weighted by Crippen LogP contribution is 2.34. The number of carbonyl (C=O) groups excluding carboxylic acids is 3. The van der Waals surface area contributed by atoms with E-state index in [0.717, 1.165) is 50.6 Å². The Kier molecular flexibility index (Phi) is 7.36. The zero-order valence-electron chi connectivity index (χ0n) is 21.6. The van der Waals surface area contributed by atoms with Gasteiger partial charge in [-0.1, -0.05) is 35.9 Å². The molecule has 0 bridgehead atoms. The fourth-order valence-corrected chi connectivity index (χ4v) is 6.01. The van der Waals surface area contributed by atoms with Crippen molar-refractivity contribution in [2.45, 2.75) is 20.8 Å². The van der Waals surface area contributed by atoms with Gasteiger partial charge in [0, 0.05) is 54.0 Å². The first-order valence-corrected chi connectivity index (χ1v) is 13.7. The maximum Gasteiger partial charge on any atom is 0.294 e. The number of para-hydroxylation sites is 1. The highest BCUT2D eigenvalue weighted by atomic mass is 35.5. The van der Waals surface area contributed by atoms with E-state index in [1.165, 1.54) is 0 Å². The summed E-state index contributed by atoms with van der Waals surface area (Å²) in [6, 6.07) is 17.8. The lowest BCUT2D eigenvalue weighted by atomic mass is 10.2. The van der Waals surface area contributed by atoms with E-state index in [9.17, 15) is 14.4 Å². The van der Waals surface area contributed by atoms with E-state index in [2.05, 4.69) is 21.6 Å². The number of imide groups is 1. The Morgan fingerprint density at radius 1 is 0.974 bits per heavy atom. The number of aromatic nitrogens is 1. The van der Waals surface area contributed by atoms with E-state index < -0.39 is 11.1 Å². The average molecular weight is 549 g/mol. The molecule has 7 nitrogen and oxygen atoms in total. The van der Waals surface area contributed by atoms with Gasteiger partial charge in [-0.3, -0.25) is 19.3 Å². The molecule has 38 heavy (non-hydrogen) atoms. The molecule has 0 atom stereocenters. The van der Waals surface area contributed by atoms with Crippen molar-refractivity contribution in [3.63, 3.8) is 0 Å². The number of hydrogen-bond acceptors (Lipinski definition) is 5. The Labute approximate surface area is 231 Å². The van der Waals surface area contributed by atoms with Crippen LogP contribution in [0, 0.1) is 20.8 Å². The van der Waals surface area contributed by atoms with Gasteiger partial charge in [0.1, 0.15) is 6.54 Å². The summed E-state index contributed by atoms with van der Waals surface area (Å²) in [6.07, 6.45) is 1.74. The van der Waals surface area contributed by atoms with E-state index in [0.29, 0.717) is 36.1 Å². The second-order valence-corrected chi connectivity index (χ2v) is 10.9. The minimum Gasteiger partial charge on any atom is -0.368 e. The van der Waals surface area contributed by atoms with E-state index in [1.807, 2.05) is 63.2 Å². The van der Waals surface area contributed by atoms with Crippen molar-refractivity contribution in [2.75, 3.05) is 37.6 Å². The number of aryl methyl sites for hydroxylation is 1. The van der Waals surface area contributed by atoms with Crippen LogP contribution >= 0.6 is 23.4 Å². The number of hydrogen-bond donors (Lipinski definition) is 0. The highest BCUT2D eigenvalue weighted by Gasteiger charge is 2.37. The van der Waals surface area contributed by atoms with Crippen molar-refractivity contribution in [3.8, 4) is 5.69 Å². The Morgan fingerprint density at radius 3 is 2.39 bits per heavy atom. The molecule has 0 unspecified atom stereocenters. The summed E-state index contributed by atoms with van der Waals surface area (Å²) in [4.78, 5) is 44.2. The molecule has 196 valence electrons. The third-order valence-electron chi connectivity index (χ3n) is 7.16. The van der Waals surface area contributed by atoms with Crippen LogP contribution in [0.2, 0.25) is 5.02 Å². The molecule has 5 rings (SSSR count). The second kappa shape index (κ2) is 10.7. The van der Waals surface area contributed by atoms with Crippen LogP contribution in [-0.4, -0.2) is 64.1 Å². The van der Waals surface area contributed by atoms with Crippen LogP contribution in [0.1, 0.15) is 22.5 Å². The van der Waals surface area contributed by atoms with E-state index in [-0.39, 0.29) is 12.5 Å². The number of amides is 3. The monoisotopic (exact) mass is 548 g/mol. The average Bonchev–Trinajstić information content (AvgIpc) is 3.34. The molecule has 9 heteroatoms. The van der Waals surface area contributed by atoms with Gasteiger partial charge in [0.2, 0.25) is 5.91 Å². The third-order valence-corrected chi connectivity index (χ3v) is 8.47. The zero-order chi connectivity index (χ0) is 27.0. The maximum absolute atomic E-state index is 13.2. The summed E-state index contributed by atoms with van der Waals surface area (Å²) in [5.74, 6) is -0.643. The fourth-order valence-electron chi connectivity index (χ4n) is 5.01. The number of piperazine rings is 1. The van der Waals surface area contributed by atoms with Gasteiger partial charge >= 0.3 is 0 Å². The molecule has 0 aliphatic carbocycles. The van der Waals surface area contributed by atoms with Gasteiger partial charge in [0.15, 0.2) is 0 Å². The molecule has 0 spiro atoms. The van der Waals surface area contributed by atoms with Crippen molar-refractivity contribution in [2.24, 2.45) is 0 Å². The lowest BCUT2D eigenvalue weighted by molar-refractivity contribution is -0.136. The van der Waals surface area contributed by atoms with Crippen molar-refractivity contribution in [3.05, 3.63) is 87.0 Å². The van der Waals surface area contributed by atoms with Crippen molar-refractivity contribution in [1.29, 1.82) is 0 Å². The predicted octanol–water partition coefficient (Wildman–Crippen LogP) is 5.44. The number of thioether (sulfide) groups is 1. The first kappa shape index (κ1) is 26.1. The molecule has 0 N–H and O–H groups in total. The van der Waals surface area contributed by atoms with Crippen LogP contribution in [0.15, 0.2) is 59.5 Å². The molecule has 2 saturated heterocycles. The largest absolute Gasteiger partial charge is 0.368 e. The first-order chi connectivity index (χ1) is 18.2. The summed E-state index contributed by atoms with van der Waals surface area (Å²) in [5, 5.41) is 0.265. The minimum absolute atomic E-state index is 0.212. The summed E-state index contributed by atoms with van der Waals surface area (Å²) in [7, 11) is 0. The normalized spacial score (nSPS) is 17.2. The van der Waals surface area contributed by atoms with Crippen LogP contribution in [0.5, 0.6) is 0 Å². The van der Waals surface area contributed by atoms with Gasteiger partial charge in [-0.2, -0.15) is 0 Å². The SMILES string of the molecule is Cc1c(Cl)cccc1-n1c(C)cc(/C=C2/SC(=O)N(CC(=O)N3CCN(c4ccccc4)CC3)C2=O)c1C. The molecule has 3 amide bonds. The van der Waals surface area contributed by atoms with Gasteiger partial charge < -0.3 is 14.4 Å². The number of anilines is 1. The second-order valence-electron chi connectivity index (χ2n) is 9.52. The Bertz CT molecular complexity index is 1440. The maximum atomic E-state index is 13.2. The Balaban J connectivity index is 1.28. The fraction of sp³-hybridized carbons (Fsp3) is 0.276. The molecular weight excluding hydrogens is 520 g/mol. The summed E-state index contributed by atoms with van der Waals surface area (Å²) < 4.78 is 2.09. The van der Waals surface area contributed by atoms with Crippen molar-refractivity contribution in [1.82, 2.24) is 14.4 Å².